The van der Waals surface area contributed by atoms with Crippen LogP contribution in [0.3, 0.4) is 0 Å². The molecule has 0 aromatic carbocycles. The van der Waals surface area contributed by atoms with E-state index in [1.165, 1.54) is 0 Å². The summed E-state index contributed by atoms with van der Waals surface area (Å²) < 4.78 is 10.7. The van der Waals surface area contributed by atoms with Gasteiger partial charge >= 0.3 is 0 Å². The van der Waals surface area contributed by atoms with Crippen molar-refractivity contribution < 1.29 is 4.21 Å². The molecule has 1 aromatic rings. The molecule has 1 rings (SSSR count). The molecule has 0 amide bonds. The second kappa shape index (κ2) is 5.64. The van der Waals surface area contributed by atoms with Gasteiger partial charge in [-0.2, -0.15) is 0 Å². The Hall–Kier alpha value is -0.970. The number of nitrogens with one attached hydrogen (secondary N) is 1. The van der Waals surface area contributed by atoms with E-state index in [2.05, 4.69) is 15.3 Å². The van der Waals surface area contributed by atoms with Crippen LogP contribution in [-0.4, -0.2) is 32.7 Å². The van der Waals surface area contributed by atoms with Crippen LogP contribution < -0.4 is 5.32 Å². The highest BCUT2D eigenvalue weighted by atomic mass is 32.2. The standard InChI is InChI=1S/C8H13N3OS/c1-13(12)7-3-6-11-8-9-4-2-5-10-8/h2,4-5H,3,6-7H2,1H3,(H,9,10,11). The maximum atomic E-state index is 10.7. The first-order valence-electron chi connectivity index (χ1n) is 4.10. The third-order valence-corrected chi connectivity index (χ3v) is 2.32. The van der Waals surface area contributed by atoms with Crippen molar-refractivity contribution in [3.63, 3.8) is 0 Å². The van der Waals surface area contributed by atoms with E-state index in [1.54, 1.807) is 24.7 Å². The van der Waals surface area contributed by atoms with Gasteiger partial charge in [-0.05, 0) is 12.5 Å². The average molecular weight is 199 g/mol. The zero-order chi connectivity index (χ0) is 9.52. The monoisotopic (exact) mass is 199 g/mol. The van der Waals surface area contributed by atoms with Gasteiger partial charge in [-0.15, -0.1) is 0 Å². The lowest BCUT2D eigenvalue weighted by Gasteiger charge is -2.01. The fourth-order valence-electron chi connectivity index (χ4n) is 0.866. The molecule has 13 heavy (non-hydrogen) atoms. The molecule has 0 fully saturated rings. The number of hydrogen-bond acceptors (Lipinski definition) is 4. The minimum atomic E-state index is -0.704. The molecule has 4 nitrogen and oxygen atoms in total. The molecule has 1 aromatic heterocycles. The van der Waals surface area contributed by atoms with Gasteiger partial charge in [-0.25, -0.2) is 9.97 Å². The van der Waals surface area contributed by atoms with E-state index in [0.717, 1.165) is 18.7 Å². The first-order chi connectivity index (χ1) is 6.29. The van der Waals surface area contributed by atoms with Crippen molar-refractivity contribution in [3.05, 3.63) is 18.5 Å². The van der Waals surface area contributed by atoms with Crippen molar-refractivity contribution in [2.75, 3.05) is 23.9 Å². The number of nitrogens with zero attached hydrogens (tertiary/aromatic N) is 2. The predicted molar refractivity (Wildman–Crippen MR) is 54.1 cm³/mol. The Balaban J connectivity index is 2.17. The zero-order valence-corrected chi connectivity index (χ0v) is 8.38. The highest BCUT2D eigenvalue weighted by Crippen LogP contribution is 1.94. The molecular formula is C8H13N3OS. The third-order valence-electron chi connectivity index (χ3n) is 1.46. The maximum Gasteiger partial charge on any atom is 0.222 e. The minimum absolute atomic E-state index is 0.629. The molecule has 0 aliphatic carbocycles. The highest BCUT2D eigenvalue weighted by Gasteiger charge is 1.93. The van der Waals surface area contributed by atoms with Crippen molar-refractivity contribution in [2.24, 2.45) is 0 Å². The molecule has 0 radical (unpaired) electrons. The van der Waals surface area contributed by atoms with E-state index in [4.69, 9.17) is 0 Å². The van der Waals surface area contributed by atoms with Crippen LogP contribution in [0, 0.1) is 0 Å². The second-order valence-electron chi connectivity index (χ2n) is 2.63. The van der Waals surface area contributed by atoms with Crippen LogP contribution in [0.2, 0.25) is 0 Å². The SMILES string of the molecule is CS(=O)CCCNc1ncccn1. The van der Waals surface area contributed by atoms with Crippen LogP contribution in [0.4, 0.5) is 5.95 Å². The van der Waals surface area contributed by atoms with Crippen LogP contribution in [0.25, 0.3) is 0 Å². The number of rotatable bonds is 5. The molecule has 0 saturated carbocycles. The molecule has 0 bridgehead atoms. The van der Waals surface area contributed by atoms with Gasteiger partial charge < -0.3 is 5.32 Å². The summed E-state index contributed by atoms with van der Waals surface area (Å²) >= 11 is 0. The smallest absolute Gasteiger partial charge is 0.222 e. The molecule has 72 valence electrons. The molecule has 0 spiro atoms. The molecular weight excluding hydrogens is 186 g/mol. The lowest BCUT2D eigenvalue weighted by molar-refractivity contribution is 0.685. The van der Waals surface area contributed by atoms with Crippen LogP contribution in [0.1, 0.15) is 6.42 Å². The van der Waals surface area contributed by atoms with Crippen molar-refractivity contribution in [1.82, 2.24) is 9.97 Å². The summed E-state index contributed by atoms with van der Waals surface area (Å²) in [7, 11) is -0.704. The van der Waals surface area contributed by atoms with Crippen molar-refractivity contribution in [1.29, 1.82) is 0 Å². The molecule has 1 N–H and O–H groups in total. The lowest BCUT2D eigenvalue weighted by Crippen LogP contribution is -2.08. The van der Waals surface area contributed by atoms with E-state index >= 15 is 0 Å². The first kappa shape index (κ1) is 10.1. The van der Waals surface area contributed by atoms with Gasteiger partial charge in [0, 0.05) is 41.7 Å². The van der Waals surface area contributed by atoms with E-state index in [0.29, 0.717) is 5.95 Å². The van der Waals surface area contributed by atoms with Gasteiger partial charge in [-0.3, -0.25) is 4.21 Å². The molecule has 5 heteroatoms. The van der Waals surface area contributed by atoms with Gasteiger partial charge in [0.05, 0.1) is 0 Å². The Kier molecular flexibility index (Phi) is 4.39. The Morgan fingerprint density at radius 3 is 2.77 bits per heavy atom. The first-order valence-corrected chi connectivity index (χ1v) is 5.82. The maximum absolute atomic E-state index is 10.7. The summed E-state index contributed by atoms with van der Waals surface area (Å²) in [6.07, 6.45) is 5.96. The fourth-order valence-corrected chi connectivity index (χ4v) is 1.42. The largest absolute Gasteiger partial charge is 0.354 e. The Morgan fingerprint density at radius 2 is 2.15 bits per heavy atom. The van der Waals surface area contributed by atoms with E-state index in [1.807, 2.05) is 0 Å². The lowest BCUT2D eigenvalue weighted by atomic mass is 10.5. The van der Waals surface area contributed by atoms with Crippen molar-refractivity contribution >= 4 is 16.7 Å². The quantitative estimate of drug-likeness (QED) is 0.708. The van der Waals surface area contributed by atoms with Gasteiger partial charge in [0.1, 0.15) is 0 Å². The number of aromatic nitrogens is 2. The van der Waals surface area contributed by atoms with E-state index in [9.17, 15) is 4.21 Å². The van der Waals surface area contributed by atoms with Gasteiger partial charge in [0.15, 0.2) is 0 Å². The van der Waals surface area contributed by atoms with Crippen LogP contribution in [0.15, 0.2) is 18.5 Å². The van der Waals surface area contributed by atoms with Gasteiger partial charge in [0.25, 0.3) is 0 Å². The third kappa shape index (κ3) is 4.57. The summed E-state index contributed by atoms with van der Waals surface area (Å²) in [5, 5.41) is 3.04. The zero-order valence-electron chi connectivity index (χ0n) is 7.56. The summed E-state index contributed by atoms with van der Waals surface area (Å²) in [4.78, 5) is 7.99. The second-order valence-corrected chi connectivity index (χ2v) is 4.18. The van der Waals surface area contributed by atoms with Crippen molar-refractivity contribution in [3.8, 4) is 0 Å². The molecule has 1 unspecified atom stereocenters. The number of anilines is 1. The summed E-state index contributed by atoms with van der Waals surface area (Å²) in [6, 6.07) is 1.77. The van der Waals surface area contributed by atoms with E-state index < -0.39 is 10.8 Å². The fraction of sp³-hybridized carbons (Fsp3) is 0.500. The molecule has 1 atom stereocenters. The predicted octanol–water partition coefficient (Wildman–Crippen LogP) is 0.657. The van der Waals surface area contributed by atoms with Crippen LogP contribution in [-0.2, 0) is 10.8 Å². The average Bonchev–Trinajstić information content (AvgIpc) is 2.14. The van der Waals surface area contributed by atoms with Crippen molar-refractivity contribution in [2.45, 2.75) is 6.42 Å². The Morgan fingerprint density at radius 1 is 1.46 bits per heavy atom. The Bertz CT molecular complexity index is 265. The highest BCUT2D eigenvalue weighted by molar-refractivity contribution is 7.84. The topological polar surface area (TPSA) is 54.9 Å². The van der Waals surface area contributed by atoms with Crippen LogP contribution >= 0.6 is 0 Å². The summed E-state index contributed by atoms with van der Waals surface area (Å²) in [5.74, 6) is 1.35. The number of hydrogen-bond donors (Lipinski definition) is 1. The summed E-state index contributed by atoms with van der Waals surface area (Å²) in [6.45, 7) is 0.767. The molecule has 0 aliphatic heterocycles. The van der Waals surface area contributed by atoms with Gasteiger partial charge in [0.2, 0.25) is 5.95 Å². The van der Waals surface area contributed by atoms with E-state index in [-0.39, 0.29) is 0 Å². The molecule has 0 aliphatic rings. The molecule has 1 heterocycles. The normalized spacial score (nSPS) is 12.4. The minimum Gasteiger partial charge on any atom is -0.354 e. The van der Waals surface area contributed by atoms with Gasteiger partial charge in [-0.1, -0.05) is 0 Å². The Labute approximate surface area is 80.3 Å². The summed E-state index contributed by atoms with van der Waals surface area (Å²) in [5.41, 5.74) is 0. The van der Waals surface area contributed by atoms with Crippen LogP contribution in [0.5, 0.6) is 0 Å². The molecule has 0 saturated heterocycles.